The average Bonchev–Trinajstić information content (AvgIpc) is 3.96. The lowest BCUT2D eigenvalue weighted by Gasteiger charge is -2.32. The Balaban J connectivity index is 1.35. The molecule has 14 heteroatoms. The van der Waals surface area contributed by atoms with Crippen molar-refractivity contribution in [2.45, 2.75) is 134 Å². The van der Waals surface area contributed by atoms with Crippen molar-refractivity contribution in [3.8, 4) is 0 Å². The minimum atomic E-state index is -0.784. The number of hydrogen-bond donors (Lipinski definition) is 6. The number of ketones is 1. The number of aliphatic hydroxyl groups excluding tert-OH is 2. The van der Waals surface area contributed by atoms with Crippen molar-refractivity contribution in [2.24, 2.45) is 11.8 Å². The third-order valence-corrected chi connectivity index (χ3v) is 12.9. The van der Waals surface area contributed by atoms with E-state index in [1.807, 2.05) is 27.7 Å². The maximum absolute atomic E-state index is 14.8. The Morgan fingerprint density at radius 2 is 1.53 bits per heavy atom. The lowest BCUT2D eigenvalue weighted by molar-refractivity contribution is -0.139. The van der Waals surface area contributed by atoms with Gasteiger partial charge in [0.25, 0.3) is 0 Å². The molecule has 6 rings (SSSR count). The topological polar surface area (TPSA) is 167 Å². The van der Waals surface area contributed by atoms with Crippen molar-refractivity contribution >= 4 is 40.1 Å². The molecular formula is C44H60F2N6O6. The van der Waals surface area contributed by atoms with Crippen molar-refractivity contribution in [1.82, 2.24) is 25.4 Å². The fourth-order valence-electron chi connectivity index (χ4n) is 9.22. The van der Waals surface area contributed by atoms with Gasteiger partial charge in [0.05, 0.1) is 24.3 Å². The van der Waals surface area contributed by atoms with Crippen molar-refractivity contribution < 1.29 is 38.2 Å². The van der Waals surface area contributed by atoms with E-state index in [9.17, 15) is 38.2 Å². The van der Waals surface area contributed by atoms with Gasteiger partial charge in [0.2, 0.25) is 17.7 Å². The van der Waals surface area contributed by atoms with Crippen LogP contribution in [-0.2, 0) is 25.6 Å². The number of aromatic nitrogens is 1. The number of H-pyrrole nitrogens is 1. The molecule has 58 heavy (non-hydrogen) atoms. The highest BCUT2D eigenvalue weighted by Crippen LogP contribution is 2.50. The first-order chi connectivity index (χ1) is 27.7. The summed E-state index contributed by atoms with van der Waals surface area (Å²) < 4.78 is 29.6. The second-order valence-electron chi connectivity index (χ2n) is 16.7. The van der Waals surface area contributed by atoms with Gasteiger partial charge in [-0.3, -0.25) is 19.2 Å². The van der Waals surface area contributed by atoms with Crippen LogP contribution in [0.3, 0.4) is 0 Å². The van der Waals surface area contributed by atoms with Gasteiger partial charge in [-0.15, -0.1) is 0 Å². The molecule has 4 heterocycles. The smallest absolute Gasteiger partial charge is 0.245 e. The summed E-state index contributed by atoms with van der Waals surface area (Å²) in [6.07, 6.45) is 1.34. The number of benzene rings is 2. The predicted octanol–water partition coefficient (Wildman–Crippen LogP) is 5.09. The zero-order valence-corrected chi connectivity index (χ0v) is 34.5. The summed E-state index contributed by atoms with van der Waals surface area (Å²) in [6, 6.07) is 6.56. The standard InChI is InChI=1S/C44H60F2N6O6/c1-7-23(4)42(56)50-36(9-3)44(58)52-22-31(54)18-29(52)20-35-33-13-11-27(46)16-38(33)49-41(35)40-34(32-12-10-26(45)15-37(32)48-40)19-28-17-30(53)21-51(28)43(57)25(8-2)14-39(55)24(5)47-6/h10-13,15-16,23-25,28-31,34,36,40,47-49,53-54H,7-9,14,17-22H2,1-6H3,(H,50,56)/t23-,24+,25-,28+,29+,30+,31+,34?,36+,40?/m1/s1. The number of rotatable bonds is 16. The van der Waals surface area contributed by atoms with Crippen LogP contribution in [0, 0.1) is 23.5 Å². The molecular weight excluding hydrogens is 747 g/mol. The van der Waals surface area contributed by atoms with Crippen LogP contribution in [0.4, 0.5) is 14.5 Å². The molecule has 3 aliphatic heterocycles. The zero-order valence-electron chi connectivity index (χ0n) is 34.5. The summed E-state index contributed by atoms with van der Waals surface area (Å²) in [5, 5.41) is 32.1. The number of β-amino-alcohol motifs (C(OH)–C–C–N with tert-alkyl or cyclic N) is 2. The van der Waals surface area contributed by atoms with E-state index in [4.69, 9.17) is 0 Å². The maximum Gasteiger partial charge on any atom is 0.245 e. The highest BCUT2D eigenvalue weighted by Gasteiger charge is 2.45. The number of carbonyl (C=O) groups is 4. The summed E-state index contributed by atoms with van der Waals surface area (Å²) in [7, 11) is 1.70. The van der Waals surface area contributed by atoms with E-state index in [0.29, 0.717) is 61.8 Å². The fourth-order valence-corrected chi connectivity index (χ4v) is 9.22. The lowest BCUT2D eigenvalue weighted by Crippen LogP contribution is -2.51. The third-order valence-electron chi connectivity index (χ3n) is 12.9. The van der Waals surface area contributed by atoms with Gasteiger partial charge in [0, 0.05) is 71.6 Å². The molecule has 3 aliphatic rings. The van der Waals surface area contributed by atoms with Gasteiger partial charge in [-0.1, -0.05) is 33.8 Å². The summed E-state index contributed by atoms with van der Waals surface area (Å²) in [5.41, 5.74) is 3.47. The number of halogens is 2. The molecule has 0 saturated carbocycles. The Morgan fingerprint density at radius 3 is 2.19 bits per heavy atom. The summed E-state index contributed by atoms with van der Waals surface area (Å²) >= 11 is 0. The third kappa shape index (κ3) is 8.93. The van der Waals surface area contributed by atoms with Crippen LogP contribution in [-0.4, -0.2) is 105 Å². The Labute approximate surface area is 339 Å². The number of fused-ring (bicyclic) bond motifs is 2. The molecule has 1 aromatic heterocycles. The number of anilines is 1. The number of hydrogen-bond acceptors (Lipinski definition) is 8. The van der Waals surface area contributed by atoms with E-state index in [1.54, 1.807) is 35.9 Å². The molecule has 12 nitrogen and oxygen atoms in total. The summed E-state index contributed by atoms with van der Waals surface area (Å²) in [6.45, 7) is 9.45. The highest BCUT2D eigenvalue weighted by molar-refractivity contribution is 5.90. The van der Waals surface area contributed by atoms with Crippen LogP contribution in [0.1, 0.15) is 108 Å². The molecule has 0 radical (unpaired) electrons. The van der Waals surface area contributed by atoms with Crippen LogP contribution >= 0.6 is 0 Å². The van der Waals surface area contributed by atoms with Crippen LogP contribution in [0.25, 0.3) is 10.9 Å². The van der Waals surface area contributed by atoms with Gasteiger partial charge in [-0.25, -0.2) is 8.78 Å². The number of nitrogens with one attached hydrogen (secondary N) is 4. The van der Waals surface area contributed by atoms with Crippen LogP contribution < -0.4 is 16.0 Å². The molecule has 2 aromatic carbocycles. The second kappa shape index (κ2) is 18.3. The normalized spacial score (nSPS) is 25.0. The number of amides is 3. The van der Waals surface area contributed by atoms with Crippen molar-refractivity contribution in [3.05, 3.63) is 64.9 Å². The van der Waals surface area contributed by atoms with Crippen LogP contribution in [0.2, 0.25) is 0 Å². The van der Waals surface area contributed by atoms with E-state index in [1.165, 1.54) is 24.3 Å². The molecule has 3 aromatic rings. The van der Waals surface area contributed by atoms with Gasteiger partial charge in [-0.05, 0) is 100 Å². The van der Waals surface area contributed by atoms with Gasteiger partial charge >= 0.3 is 0 Å². The largest absolute Gasteiger partial charge is 0.391 e. The quantitative estimate of drug-likeness (QED) is 0.117. The maximum atomic E-state index is 14.8. The van der Waals surface area contributed by atoms with Crippen LogP contribution in [0.15, 0.2) is 36.4 Å². The van der Waals surface area contributed by atoms with Crippen molar-refractivity contribution in [2.75, 3.05) is 25.5 Å². The molecule has 2 unspecified atom stereocenters. The molecule has 6 N–H and O–H groups in total. The molecule has 2 saturated heterocycles. The molecule has 316 valence electrons. The molecule has 10 atom stereocenters. The van der Waals surface area contributed by atoms with Crippen molar-refractivity contribution in [1.29, 1.82) is 0 Å². The van der Waals surface area contributed by atoms with E-state index >= 15 is 0 Å². The zero-order chi connectivity index (χ0) is 42.0. The van der Waals surface area contributed by atoms with Gasteiger partial charge in [0.1, 0.15) is 23.5 Å². The Morgan fingerprint density at radius 1 is 0.879 bits per heavy atom. The van der Waals surface area contributed by atoms with Gasteiger partial charge in [-0.2, -0.15) is 0 Å². The van der Waals surface area contributed by atoms with E-state index in [-0.39, 0.29) is 54.9 Å². The van der Waals surface area contributed by atoms with E-state index in [0.717, 1.165) is 16.5 Å². The molecule has 0 aliphatic carbocycles. The Bertz CT molecular complexity index is 1990. The number of Topliss-reactive ketones (excluding diaryl/α,β-unsaturated/α-hetero) is 1. The van der Waals surface area contributed by atoms with Gasteiger partial charge < -0.3 is 40.9 Å². The number of carbonyl (C=O) groups excluding carboxylic acids is 4. The fraction of sp³-hybridized carbons (Fsp3) is 0.591. The number of likely N-dealkylation sites (tertiary alicyclic amines) is 2. The highest BCUT2D eigenvalue weighted by atomic mass is 19.1. The van der Waals surface area contributed by atoms with Crippen molar-refractivity contribution in [3.63, 3.8) is 0 Å². The van der Waals surface area contributed by atoms with E-state index in [2.05, 4.69) is 20.9 Å². The number of likely N-dealkylation sites (N-methyl/N-ethyl adjacent to an activating group) is 1. The molecule has 3 amide bonds. The Kier molecular flexibility index (Phi) is 13.6. The average molecular weight is 807 g/mol. The summed E-state index contributed by atoms with van der Waals surface area (Å²) in [5.74, 6) is -2.73. The number of aromatic amines is 1. The van der Waals surface area contributed by atoms with Crippen LogP contribution in [0.5, 0.6) is 0 Å². The minimum Gasteiger partial charge on any atom is -0.391 e. The molecule has 2 fully saturated rings. The Hall–Kier alpha value is -4.40. The first kappa shape index (κ1) is 43.2. The predicted molar refractivity (Wildman–Crippen MR) is 218 cm³/mol. The summed E-state index contributed by atoms with van der Waals surface area (Å²) in [4.78, 5) is 60.8. The number of nitrogens with zero attached hydrogens (tertiary/aromatic N) is 2. The lowest BCUT2D eigenvalue weighted by atomic mass is 9.84. The number of aliphatic hydroxyl groups is 2. The monoisotopic (exact) mass is 806 g/mol. The van der Waals surface area contributed by atoms with E-state index < -0.39 is 60.0 Å². The second-order valence-corrected chi connectivity index (χ2v) is 16.7. The SMILES string of the molecule is CC[C@H](CC(=O)[C@H](C)NC)C(=O)N1C[C@@H](O)C[C@H]1CC1c2ccc(F)cc2NC1c1[nH]c2cc(F)ccc2c1C[C@@H]1C[C@H](O)CN1C(=O)[C@H](CC)NC(=O)[C@H](C)CC. The first-order valence-corrected chi connectivity index (χ1v) is 21.0. The van der Waals surface area contributed by atoms with Gasteiger partial charge in [0.15, 0.2) is 0 Å². The minimum absolute atomic E-state index is 0.0612. The molecule has 0 bridgehead atoms. The first-order valence-electron chi connectivity index (χ1n) is 21.0. The molecule has 0 spiro atoms.